The number of carbonyl (C=O) groups is 1. The smallest absolute Gasteiger partial charge is 0.220 e. The minimum absolute atomic E-state index is 0.0728. The van der Waals surface area contributed by atoms with Crippen molar-refractivity contribution < 1.29 is 15.0 Å². The summed E-state index contributed by atoms with van der Waals surface area (Å²) in [6, 6.07) is -0.643. The van der Waals surface area contributed by atoms with Gasteiger partial charge in [-0.25, -0.2) is 0 Å². The molecule has 0 saturated carbocycles. The van der Waals surface area contributed by atoms with Gasteiger partial charge >= 0.3 is 0 Å². The van der Waals surface area contributed by atoms with Gasteiger partial charge in [-0.05, 0) is 44.9 Å². The minimum Gasteiger partial charge on any atom is -0.394 e. The monoisotopic (exact) mass is 814 g/mol. The Balaban J connectivity index is 3.54. The molecule has 0 bridgehead atoms. The molecule has 0 aromatic heterocycles. The highest BCUT2D eigenvalue weighted by Gasteiger charge is 2.17. The molecule has 0 aliphatic heterocycles. The topological polar surface area (TPSA) is 69.6 Å². The van der Waals surface area contributed by atoms with Gasteiger partial charge < -0.3 is 15.5 Å². The summed E-state index contributed by atoms with van der Waals surface area (Å²) in [6.45, 7) is 4.32. The summed E-state index contributed by atoms with van der Waals surface area (Å²) < 4.78 is 0. The van der Waals surface area contributed by atoms with Gasteiger partial charge in [-0.3, -0.25) is 4.79 Å². The van der Waals surface area contributed by atoms with E-state index in [1.54, 1.807) is 6.08 Å². The third-order valence-corrected chi connectivity index (χ3v) is 12.1. The summed E-state index contributed by atoms with van der Waals surface area (Å²) in [5.41, 5.74) is 0. The van der Waals surface area contributed by atoms with Gasteiger partial charge in [-0.15, -0.1) is 0 Å². The minimum atomic E-state index is -0.868. The Morgan fingerprint density at radius 1 is 0.397 bits per heavy atom. The number of carbonyl (C=O) groups excluding carboxylic acids is 1. The van der Waals surface area contributed by atoms with Crippen LogP contribution in [0.3, 0.4) is 0 Å². The van der Waals surface area contributed by atoms with E-state index in [0.717, 1.165) is 38.5 Å². The van der Waals surface area contributed by atoms with Crippen molar-refractivity contribution in [1.29, 1.82) is 0 Å². The van der Waals surface area contributed by atoms with Crippen LogP contribution in [0.5, 0.6) is 0 Å². The summed E-state index contributed by atoms with van der Waals surface area (Å²) in [5, 5.41) is 23.1. The number of hydrogen-bond acceptors (Lipinski definition) is 3. The second kappa shape index (κ2) is 50.0. The van der Waals surface area contributed by atoms with Crippen molar-refractivity contribution in [2.24, 2.45) is 0 Å². The first kappa shape index (κ1) is 56.6. The fraction of sp³-hybridized carbons (Fsp3) is 0.870. The average Bonchev–Trinajstić information content (AvgIpc) is 3.23. The highest BCUT2D eigenvalue weighted by molar-refractivity contribution is 5.76. The van der Waals surface area contributed by atoms with Crippen LogP contribution in [0.1, 0.15) is 284 Å². The number of hydrogen-bond donors (Lipinski definition) is 3. The van der Waals surface area contributed by atoms with Crippen LogP contribution in [0, 0.1) is 0 Å². The molecule has 0 fully saturated rings. The van der Waals surface area contributed by atoms with E-state index in [1.807, 2.05) is 6.08 Å². The molecule has 2 unspecified atom stereocenters. The number of amides is 1. The quantitative estimate of drug-likeness (QED) is 0.0423. The molecular formula is C54H103NO3. The third kappa shape index (κ3) is 45.7. The number of unbranched alkanes of at least 4 members (excludes halogenated alkanes) is 37. The van der Waals surface area contributed by atoms with Gasteiger partial charge in [0.15, 0.2) is 0 Å². The van der Waals surface area contributed by atoms with Crippen LogP contribution < -0.4 is 5.32 Å². The maximum Gasteiger partial charge on any atom is 0.220 e. The van der Waals surface area contributed by atoms with E-state index in [4.69, 9.17) is 0 Å². The molecule has 4 nitrogen and oxygen atoms in total. The van der Waals surface area contributed by atoms with Crippen molar-refractivity contribution >= 4 is 5.91 Å². The number of allylic oxidation sites excluding steroid dienone is 5. The van der Waals surface area contributed by atoms with Gasteiger partial charge in [0.05, 0.1) is 18.8 Å². The summed E-state index contributed by atoms with van der Waals surface area (Å²) in [4.78, 5) is 12.4. The second-order valence-corrected chi connectivity index (χ2v) is 17.9. The summed E-state index contributed by atoms with van der Waals surface area (Å²) in [6.07, 6.45) is 67.2. The number of aliphatic hydroxyl groups excluding tert-OH is 2. The second-order valence-electron chi connectivity index (χ2n) is 17.9. The molecule has 0 aromatic rings. The normalized spacial score (nSPS) is 13.1. The van der Waals surface area contributed by atoms with E-state index >= 15 is 0 Å². The number of aliphatic hydroxyl groups is 2. The van der Waals surface area contributed by atoms with Gasteiger partial charge in [0, 0.05) is 6.42 Å². The fourth-order valence-corrected chi connectivity index (χ4v) is 8.10. The van der Waals surface area contributed by atoms with Crippen LogP contribution in [0.2, 0.25) is 0 Å². The lowest BCUT2D eigenvalue weighted by molar-refractivity contribution is -0.123. The SMILES string of the molecule is CCCCCCCCCCCCC/C=C/CC/C=C/CC/C=C/C(O)C(CO)NC(=O)CCCCCCCCCCCCCCCCCCCCCCCCCCC. The number of rotatable bonds is 48. The molecule has 3 N–H and O–H groups in total. The van der Waals surface area contributed by atoms with Gasteiger partial charge in [0.1, 0.15) is 0 Å². The zero-order valence-corrected chi connectivity index (χ0v) is 39.3. The fourth-order valence-electron chi connectivity index (χ4n) is 8.10. The van der Waals surface area contributed by atoms with Crippen LogP contribution in [-0.4, -0.2) is 34.9 Å². The Morgan fingerprint density at radius 2 is 0.672 bits per heavy atom. The molecule has 0 rings (SSSR count). The van der Waals surface area contributed by atoms with Crippen molar-refractivity contribution in [3.63, 3.8) is 0 Å². The maximum atomic E-state index is 12.4. The van der Waals surface area contributed by atoms with Crippen molar-refractivity contribution in [2.75, 3.05) is 6.61 Å². The van der Waals surface area contributed by atoms with Gasteiger partial charge in [-0.2, -0.15) is 0 Å². The third-order valence-electron chi connectivity index (χ3n) is 12.1. The van der Waals surface area contributed by atoms with Crippen LogP contribution in [0.25, 0.3) is 0 Å². The van der Waals surface area contributed by atoms with E-state index in [0.29, 0.717) is 6.42 Å². The first-order chi connectivity index (χ1) is 28.7. The van der Waals surface area contributed by atoms with Crippen LogP contribution in [-0.2, 0) is 4.79 Å². The first-order valence-corrected chi connectivity index (χ1v) is 26.2. The Kier molecular flexibility index (Phi) is 48.8. The molecule has 58 heavy (non-hydrogen) atoms. The predicted octanol–water partition coefficient (Wildman–Crippen LogP) is 16.9. The molecular weight excluding hydrogens is 711 g/mol. The Hall–Kier alpha value is -1.39. The lowest BCUT2D eigenvalue weighted by Gasteiger charge is -2.19. The van der Waals surface area contributed by atoms with Crippen molar-refractivity contribution in [1.82, 2.24) is 5.32 Å². The molecule has 0 aromatic carbocycles. The number of nitrogens with one attached hydrogen (secondary N) is 1. The lowest BCUT2D eigenvalue weighted by Crippen LogP contribution is -2.45. The Bertz CT molecular complexity index is 882. The molecule has 0 aliphatic carbocycles. The Labute approximate surface area is 363 Å². The predicted molar refractivity (Wildman–Crippen MR) is 258 cm³/mol. The van der Waals surface area contributed by atoms with E-state index in [1.165, 1.54) is 225 Å². The van der Waals surface area contributed by atoms with Gasteiger partial charge in [0.2, 0.25) is 5.91 Å². The largest absolute Gasteiger partial charge is 0.394 e. The summed E-state index contributed by atoms with van der Waals surface area (Å²) in [7, 11) is 0. The van der Waals surface area contributed by atoms with E-state index < -0.39 is 12.1 Å². The highest BCUT2D eigenvalue weighted by Crippen LogP contribution is 2.17. The summed E-state index contributed by atoms with van der Waals surface area (Å²) >= 11 is 0. The first-order valence-electron chi connectivity index (χ1n) is 26.2. The van der Waals surface area contributed by atoms with E-state index in [2.05, 4.69) is 43.5 Å². The molecule has 0 saturated heterocycles. The molecule has 4 heteroatoms. The van der Waals surface area contributed by atoms with Crippen LogP contribution >= 0.6 is 0 Å². The van der Waals surface area contributed by atoms with Crippen molar-refractivity contribution in [3.05, 3.63) is 36.5 Å². The molecule has 342 valence electrons. The highest BCUT2D eigenvalue weighted by atomic mass is 16.3. The Morgan fingerprint density at radius 3 is 1.00 bits per heavy atom. The van der Waals surface area contributed by atoms with E-state index in [9.17, 15) is 15.0 Å². The molecule has 0 radical (unpaired) electrons. The molecule has 1 amide bonds. The molecule has 0 aliphatic rings. The van der Waals surface area contributed by atoms with Crippen molar-refractivity contribution in [2.45, 2.75) is 296 Å². The van der Waals surface area contributed by atoms with Crippen LogP contribution in [0.15, 0.2) is 36.5 Å². The molecule has 0 heterocycles. The molecule has 0 spiro atoms. The molecule has 2 atom stereocenters. The van der Waals surface area contributed by atoms with E-state index in [-0.39, 0.29) is 12.5 Å². The average molecular weight is 814 g/mol. The lowest BCUT2D eigenvalue weighted by atomic mass is 10.0. The van der Waals surface area contributed by atoms with Crippen LogP contribution in [0.4, 0.5) is 0 Å². The van der Waals surface area contributed by atoms with Crippen molar-refractivity contribution in [3.8, 4) is 0 Å². The standard InChI is InChI=1S/C54H103NO3/c1-3-5-7-9-11-13-15-17-19-21-23-25-26-27-28-30-32-34-36-38-40-42-44-46-48-50-54(58)55-52(51-56)53(57)49-47-45-43-41-39-37-35-33-31-29-24-22-20-18-16-14-12-10-8-6-4-2/h31,33,39,41,47,49,52-53,56-57H,3-30,32,34-38,40,42-46,48,50-51H2,1-2H3,(H,55,58)/b33-31+,41-39+,49-47+. The van der Waals surface area contributed by atoms with Gasteiger partial charge in [-0.1, -0.05) is 269 Å². The maximum absolute atomic E-state index is 12.4. The summed E-state index contributed by atoms with van der Waals surface area (Å²) in [5.74, 6) is -0.0728. The zero-order valence-electron chi connectivity index (χ0n) is 39.3. The zero-order chi connectivity index (χ0) is 42.1. The van der Waals surface area contributed by atoms with Gasteiger partial charge in [0.25, 0.3) is 0 Å².